The van der Waals surface area contributed by atoms with E-state index >= 15 is 0 Å². The van der Waals surface area contributed by atoms with Gasteiger partial charge >= 0.3 is 0 Å². The highest BCUT2D eigenvalue weighted by atomic mass is 16.5. The minimum absolute atomic E-state index is 0.00120. The smallest absolute Gasteiger partial charge is 0.227 e. The molecule has 0 saturated carbocycles. The van der Waals surface area contributed by atoms with E-state index in [0.29, 0.717) is 13.2 Å². The van der Waals surface area contributed by atoms with Gasteiger partial charge < -0.3 is 10.1 Å². The van der Waals surface area contributed by atoms with Crippen molar-refractivity contribution in [2.45, 2.75) is 20.4 Å². The van der Waals surface area contributed by atoms with E-state index in [-0.39, 0.29) is 11.8 Å². The van der Waals surface area contributed by atoms with Crippen molar-refractivity contribution in [3.63, 3.8) is 0 Å². The number of anilines is 1. The van der Waals surface area contributed by atoms with Crippen LogP contribution in [0.2, 0.25) is 0 Å². The lowest BCUT2D eigenvalue weighted by atomic mass is 10.2. The SMILES string of the molecule is COCCn1cc(NC(=O)C(C)C)cn1. The van der Waals surface area contributed by atoms with E-state index in [9.17, 15) is 4.79 Å². The molecule has 1 amide bonds. The molecule has 1 aromatic heterocycles. The summed E-state index contributed by atoms with van der Waals surface area (Å²) >= 11 is 0. The van der Waals surface area contributed by atoms with Crippen molar-refractivity contribution in [1.29, 1.82) is 0 Å². The van der Waals surface area contributed by atoms with Crippen LogP contribution in [-0.4, -0.2) is 29.4 Å². The number of aromatic nitrogens is 2. The first-order valence-corrected chi connectivity index (χ1v) is 4.95. The van der Waals surface area contributed by atoms with Gasteiger partial charge in [0.25, 0.3) is 0 Å². The topological polar surface area (TPSA) is 56.1 Å². The molecule has 0 saturated heterocycles. The fraction of sp³-hybridized carbons (Fsp3) is 0.600. The predicted molar refractivity (Wildman–Crippen MR) is 57.6 cm³/mol. The molecule has 1 N–H and O–H groups in total. The van der Waals surface area contributed by atoms with E-state index < -0.39 is 0 Å². The summed E-state index contributed by atoms with van der Waals surface area (Å²) in [6.07, 6.45) is 3.43. The number of ether oxygens (including phenoxy) is 1. The van der Waals surface area contributed by atoms with Crippen LogP contribution in [0.4, 0.5) is 5.69 Å². The number of hydrogen-bond donors (Lipinski definition) is 1. The average molecular weight is 211 g/mol. The summed E-state index contributed by atoms with van der Waals surface area (Å²) in [6, 6.07) is 0. The van der Waals surface area contributed by atoms with Gasteiger partial charge in [-0.3, -0.25) is 9.48 Å². The Labute approximate surface area is 89.4 Å². The minimum atomic E-state index is -0.0210. The first kappa shape index (κ1) is 11.7. The van der Waals surface area contributed by atoms with Gasteiger partial charge in [0.1, 0.15) is 0 Å². The van der Waals surface area contributed by atoms with Gasteiger partial charge in [0, 0.05) is 19.2 Å². The molecular formula is C10H17N3O2. The standard InChI is InChI=1S/C10H17N3O2/c1-8(2)10(14)12-9-6-11-13(7-9)4-5-15-3/h6-8H,4-5H2,1-3H3,(H,12,14). The molecule has 1 aromatic rings. The lowest BCUT2D eigenvalue weighted by Gasteiger charge is -2.04. The zero-order valence-electron chi connectivity index (χ0n) is 9.36. The second kappa shape index (κ2) is 5.50. The molecule has 0 atom stereocenters. The van der Waals surface area contributed by atoms with E-state index in [1.807, 2.05) is 13.8 Å². The molecule has 0 unspecified atom stereocenters. The number of nitrogens with one attached hydrogen (secondary N) is 1. The van der Waals surface area contributed by atoms with Crippen molar-refractivity contribution in [2.75, 3.05) is 19.0 Å². The molecule has 0 aromatic carbocycles. The summed E-state index contributed by atoms with van der Waals surface area (Å²) in [7, 11) is 1.64. The second-order valence-electron chi connectivity index (χ2n) is 3.63. The molecule has 0 aliphatic heterocycles. The first-order valence-electron chi connectivity index (χ1n) is 4.95. The van der Waals surface area contributed by atoms with Gasteiger partial charge in [0.15, 0.2) is 0 Å². The van der Waals surface area contributed by atoms with Crippen molar-refractivity contribution in [3.8, 4) is 0 Å². The number of methoxy groups -OCH3 is 1. The van der Waals surface area contributed by atoms with E-state index in [4.69, 9.17) is 4.74 Å². The number of carbonyl (C=O) groups is 1. The van der Waals surface area contributed by atoms with Gasteiger partial charge in [0.2, 0.25) is 5.91 Å². The molecular weight excluding hydrogens is 194 g/mol. The summed E-state index contributed by atoms with van der Waals surface area (Å²) in [5, 5.41) is 6.86. The molecule has 84 valence electrons. The van der Waals surface area contributed by atoms with Crippen LogP contribution in [0.1, 0.15) is 13.8 Å². The highest BCUT2D eigenvalue weighted by Gasteiger charge is 2.07. The highest BCUT2D eigenvalue weighted by Crippen LogP contribution is 2.06. The van der Waals surface area contributed by atoms with Crippen LogP contribution in [0.25, 0.3) is 0 Å². The van der Waals surface area contributed by atoms with Crippen LogP contribution in [-0.2, 0) is 16.1 Å². The molecule has 1 heterocycles. The van der Waals surface area contributed by atoms with Gasteiger partial charge in [-0.2, -0.15) is 5.10 Å². The first-order chi connectivity index (χ1) is 7.13. The van der Waals surface area contributed by atoms with E-state index in [2.05, 4.69) is 10.4 Å². The molecule has 0 bridgehead atoms. The molecule has 5 heteroatoms. The van der Waals surface area contributed by atoms with Gasteiger partial charge in [-0.25, -0.2) is 0 Å². The molecule has 0 aliphatic rings. The zero-order chi connectivity index (χ0) is 11.3. The van der Waals surface area contributed by atoms with E-state index in [1.165, 1.54) is 0 Å². The zero-order valence-corrected chi connectivity index (χ0v) is 9.36. The summed E-state index contributed by atoms with van der Waals surface area (Å²) in [5.41, 5.74) is 0.727. The molecule has 0 spiro atoms. The van der Waals surface area contributed by atoms with Gasteiger partial charge in [-0.05, 0) is 0 Å². The van der Waals surface area contributed by atoms with Crippen LogP contribution < -0.4 is 5.32 Å². The molecule has 0 aliphatic carbocycles. The van der Waals surface area contributed by atoms with Crippen molar-refractivity contribution in [2.24, 2.45) is 5.92 Å². The second-order valence-corrected chi connectivity index (χ2v) is 3.63. The Morgan fingerprint density at radius 2 is 2.40 bits per heavy atom. The Kier molecular flexibility index (Phi) is 4.30. The van der Waals surface area contributed by atoms with Crippen LogP contribution in [0.3, 0.4) is 0 Å². The normalized spacial score (nSPS) is 10.7. The predicted octanol–water partition coefficient (Wildman–Crippen LogP) is 1.12. The Morgan fingerprint density at radius 3 is 3.00 bits per heavy atom. The maximum Gasteiger partial charge on any atom is 0.227 e. The number of rotatable bonds is 5. The fourth-order valence-electron chi connectivity index (χ4n) is 1.02. The fourth-order valence-corrected chi connectivity index (χ4v) is 1.02. The largest absolute Gasteiger partial charge is 0.383 e. The van der Waals surface area contributed by atoms with Gasteiger partial charge in [-0.1, -0.05) is 13.8 Å². The van der Waals surface area contributed by atoms with Crippen LogP contribution >= 0.6 is 0 Å². The molecule has 15 heavy (non-hydrogen) atoms. The van der Waals surface area contributed by atoms with Crippen molar-refractivity contribution in [3.05, 3.63) is 12.4 Å². The third-order valence-corrected chi connectivity index (χ3v) is 1.95. The van der Waals surface area contributed by atoms with Gasteiger partial charge in [0.05, 0.1) is 25.0 Å². The highest BCUT2D eigenvalue weighted by molar-refractivity contribution is 5.91. The van der Waals surface area contributed by atoms with Crippen molar-refractivity contribution < 1.29 is 9.53 Å². The average Bonchev–Trinajstić information content (AvgIpc) is 2.62. The third-order valence-electron chi connectivity index (χ3n) is 1.95. The van der Waals surface area contributed by atoms with E-state index in [1.54, 1.807) is 24.2 Å². The molecule has 0 fully saturated rings. The number of carbonyl (C=O) groups excluding carboxylic acids is 1. The third kappa shape index (κ3) is 3.71. The summed E-state index contributed by atoms with van der Waals surface area (Å²) in [6.45, 7) is 5.00. The maximum atomic E-state index is 11.4. The van der Waals surface area contributed by atoms with Crippen molar-refractivity contribution >= 4 is 11.6 Å². The molecule has 0 radical (unpaired) electrons. The lowest BCUT2D eigenvalue weighted by Crippen LogP contribution is -2.17. The van der Waals surface area contributed by atoms with Crippen molar-refractivity contribution in [1.82, 2.24) is 9.78 Å². The quantitative estimate of drug-likeness (QED) is 0.794. The summed E-state index contributed by atoms with van der Waals surface area (Å²) in [4.78, 5) is 11.4. The number of nitrogens with zero attached hydrogens (tertiary/aromatic N) is 2. The number of amides is 1. The van der Waals surface area contributed by atoms with Crippen LogP contribution in [0, 0.1) is 5.92 Å². The van der Waals surface area contributed by atoms with E-state index in [0.717, 1.165) is 5.69 Å². The minimum Gasteiger partial charge on any atom is -0.383 e. The lowest BCUT2D eigenvalue weighted by molar-refractivity contribution is -0.118. The molecule has 5 nitrogen and oxygen atoms in total. The maximum absolute atomic E-state index is 11.4. The number of hydrogen-bond acceptors (Lipinski definition) is 3. The van der Waals surface area contributed by atoms with Gasteiger partial charge in [-0.15, -0.1) is 0 Å². The molecule has 1 rings (SSSR count). The van der Waals surface area contributed by atoms with Crippen LogP contribution in [0.5, 0.6) is 0 Å². The summed E-state index contributed by atoms with van der Waals surface area (Å²) < 4.78 is 6.66. The van der Waals surface area contributed by atoms with Crippen LogP contribution in [0.15, 0.2) is 12.4 Å². The Hall–Kier alpha value is -1.36. The Balaban J connectivity index is 2.49. The Bertz CT molecular complexity index is 320. The summed E-state index contributed by atoms with van der Waals surface area (Å²) in [5.74, 6) is -0.0198. The monoisotopic (exact) mass is 211 g/mol. The Morgan fingerprint density at radius 1 is 1.67 bits per heavy atom.